The molecule has 0 saturated heterocycles. The minimum Gasteiger partial charge on any atom is -0.479 e. The van der Waals surface area contributed by atoms with E-state index in [1.54, 1.807) is 25.1 Å². The summed E-state index contributed by atoms with van der Waals surface area (Å²) in [5.74, 6) is -0.327. The highest BCUT2D eigenvalue weighted by Gasteiger charge is 2.17. The molecule has 0 fully saturated rings. The lowest BCUT2D eigenvalue weighted by molar-refractivity contribution is -0.150. The number of halogens is 2. The largest absolute Gasteiger partial charge is 0.479 e. The fraction of sp³-hybridized carbons (Fsp3) is 0.417. The van der Waals surface area contributed by atoms with E-state index in [0.29, 0.717) is 28.8 Å². The van der Waals surface area contributed by atoms with E-state index in [2.05, 4.69) is 0 Å². The van der Waals surface area contributed by atoms with Crippen LogP contribution in [0.5, 0.6) is 0 Å². The van der Waals surface area contributed by atoms with Gasteiger partial charge in [-0.25, -0.2) is 4.79 Å². The lowest BCUT2D eigenvalue weighted by Gasteiger charge is -2.12. The molecule has 0 aromatic heterocycles. The van der Waals surface area contributed by atoms with Gasteiger partial charge in [0, 0.05) is 22.3 Å². The summed E-state index contributed by atoms with van der Waals surface area (Å²) in [5.41, 5.74) is 0. The average Bonchev–Trinajstić information content (AvgIpc) is 2.32. The van der Waals surface area contributed by atoms with Crippen molar-refractivity contribution in [3.8, 4) is 0 Å². The Hall–Kier alpha value is -0.420. The SMILES string of the molecule is CCOC(CCSc1cc(Cl)ccc1Cl)C(=O)O. The zero-order valence-electron chi connectivity index (χ0n) is 9.86. The van der Waals surface area contributed by atoms with Crippen LogP contribution in [0.4, 0.5) is 0 Å². The Balaban J connectivity index is 2.49. The monoisotopic (exact) mass is 308 g/mol. The molecule has 1 atom stereocenters. The molecule has 1 rings (SSSR count). The molecule has 18 heavy (non-hydrogen) atoms. The van der Waals surface area contributed by atoms with Gasteiger partial charge in [0.1, 0.15) is 0 Å². The van der Waals surface area contributed by atoms with Gasteiger partial charge in [-0.05, 0) is 31.5 Å². The summed E-state index contributed by atoms with van der Waals surface area (Å²) in [6.07, 6.45) is -0.336. The summed E-state index contributed by atoms with van der Waals surface area (Å²) in [5, 5.41) is 10.1. The van der Waals surface area contributed by atoms with Crippen molar-refractivity contribution in [3.63, 3.8) is 0 Å². The molecular formula is C12H14Cl2O3S. The van der Waals surface area contributed by atoms with E-state index >= 15 is 0 Å². The third kappa shape index (κ3) is 5.06. The molecule has 6 heteroatoms. The first-order chi connectivity index (χ1) is 8.54. The smallest absolute Gasteiger partial charge is 0.332 e. The average molecular weight is 309 g/mol. The van der Waals surface area contributed by atoms with Gasteiger partial charge in [0.05, 0.1) is 5.02 Å². The number of ether oxygens (including phenoxy) is 1. The molecule has 0 aliphatic carbocycles. The first-order valence-corrected chi connectivity index (χ1v) is 7.21. The highest BCUT2D eigenvalue weighted by Crippen LogP contribution is 2.30. The Morgan fingerprint density at radius 3 is 2.83 bits per heavy atom. The number of benzene rings is 1. The topological polar surface area (TPSA) is 46.5 Å². The summed E-state index contributed by atoms with van der Waals surface area (Å²) < 4.78 is 5.12. The summed E-state index contributed by atoms with van der Waals surface area (Å²) in [7, 11) is 0. The molecule has 0 heterocycles. The van der Waals surface area contributed by atoms with Crippen molar-refractivity contribution < 1.29 is 14.6 Å². The van der Waals surface area contributed by atoms with Crippen molar-refractivity contribution in [2.24, 2.45) is 0 Å². The van der Waals surface area contributed by atoms with E-state index < -0.39 is 12.1 Å². The number of hydrogen-bond acceptors (Lipinski definition) is 3. The minimum atomic E-state index is -0.936. The predicted octanol–water partition coefficient (Wildman–Crippen LogP) is 3.97. The second kappa shape index (κ2) is 7.89. The van der Waals surface area contributed by atoms with Gasteiger partial charge in [-0.3, -0.25) is 0 Å². The Bertz CT molecular complexity index is 412. The standard InChI is InChI=1S/C12H14Cl2O3S/c1-2-17-10(12(15)16)5-6-18-11-7-8(13)3-4-9(11)14/h3-4,7,10H,2,5-6H2,1H3,(H,15,16). The molecule has 0 bridgehead atoms. The Labute approximate surface area is 120 Å². The van der Waals surface area contributed by atoms with Crippen LogP contribution in [0.2, 0.25) is 10.0 Å². The number of carbonyl (C=O) groups is 1. The maximum absolute atomic E-state index is 10.9. The van der Waals surface area contributed by atoms with Gasteiger partial charge in [-0.2, -0.15) is 0 Å². The number of carboxylic acids is 1. The molecule has 1 aromatic rings. The molecule has 0 spiro atoms. The third-order valence-electron chi connectivity index (χ3n) is 2.17. The Kier molecular flexibility index (Phi) is 6.86. The molecule has 3 nitrogen and oxygen atoms in total. The van der Waals surface area contributed by atoms with Crippen LogP contribution in [-0.2, 0) is 9.53 Å². The van der Waals surface area contributed by atoms with Crippen molar-refractivity contribution in [2.75, 3.05) is 12.4 Å². The van der Waals surface area contributed by atoms with Gasteiger partial charge in [0.25, 0.3) is 0 Å². The second-order valence-electron chi connectivity index (χ2n) is 3.49. The van der Waals surface area contributed by atoms with E-state index in [-0.39, 0.29) is 0 Å². The van der Waals surface area contributed by atoms with E-state index in [1.165, 1.54) is 11.8 Å². The molecule has 0 radical (unpaired) electrons. The summed E-state index contributed by atoms with van der Waals surface area (Å²) in [6, 6.07) is 5.21. The molecule has 0 aliphatic rings. The predicted molar refractivity (Wildman–Crippen MR) is 74.9 cm³/mol. The van der Waals surface area contributed by atoms with Gasteiger partial charge in [0.15, 0.2) is 6.10 Å². The number of hydrogen-bond donors (Lipinski definition) is 1. The number of thioether (sulfide) groups is 1. The van der Waals surface area contributed by atoms with E-state index in [1.807, 2.05) is 0 Å². The fourth-order valence-corrected chi connectivity index (χ4v) is 2.83. The van der Waals surface area contributed by atoms with Gasteiger partial charge in [-0.15, -0.1) is 11.8 Å². The minimum absolute atomic E-state index is 0.388. The third-order valence-corrected chi connectivity index (χ3v) is 3.94. The van der Waals surface area contributed by atoms with Crippen LogP contribution in [0, 0.1) is 0 Å². The zero-order chi connectivity index (χ0) is 13.5. The van der Waals surface area contributed by atoms with E-state index in [9.17, 15) is 4.79 Å². The van der Waals surface area contributed by atoms with Crippen molar-refractivity contribution in [1.82, 2.24) is 0 Å². The Morgan fingerprint density at radius 2 is 2.22 bits per heavy atom. The second-order valence-corrected chi connectivity index (χ2v) is 5.47. The van der Waals surface area contributed by atoms with Gasteiger partial charge < -0.3 is 9.84 Å². The zero-order valence-corrected chi connectivity index (χ0v) is 12.2. The lowest BCUT2D eigenvalue weighted by atomic mass is 10.3. The highest BCUT2D eigenvalue weighted by molar-refractivity contribution is 7.99. The van der Waals surface area contributed by atoms with Crippen LogP contribution in [0.25, 0.3) is 0 Å². The van der Waals surface area contributed by atoms with Crippen LogP contribution in [0.15, 0.2) is 23.1 Å². The lowest BCUT2D eigenvalue weighted by Crippen LogP contribution is -2.24. The number of rotatable bonds is 7. The molecule has 1 unspecified atom stereocenters. The summed E-state index contributed by atoms with van der Waals surface area (Å²) in [4.78, 5) is 11.7. The van der Waals surface area contributed by atoms with E-state index in [4.69, 9.17) is 33.0 Å². The highest BCUT2D eigenvalue weighted by atomic mass is 35.5. The number of carboxylic acid groups (broad SMARTS) is 1. The fourth-order valence-electron chi connectivity index (χ4n) is 1.34. The molecule has 1 aromatic carbocycles. The number of aliphatic carboxylic acids is 1. The van der Waals surface area contributed by atoms with E-state index in [0.717, 1.165) is 4.90 Å². The van der Waals surface area contributed by atoms with Gasteiger partial charge in [0.2, 0.25) is 0 Å². The maximum Gasteiger partial charge on any atom is 0.332 e. The molecular weight excluding hydrogens is 295 g/mol. The van der Waals surface area contributed by atoms with Gasteiger partial charge in [-0.1, -0.05) is 23.2 Å². The first kappa shape index (κ1) is 15.6. The normalized spacial score (nSPS) is 12.4. The summed E-state index contributed by atoms with van der Waals surface area (Å²) in [6.45, 7) is 2.16. The van der Waals surface area contributed by atoms with Crippen molar-refractivity contribution in [2.45, 2.75) is 24.3 Å². The molecule has 1 N–H and O–H groups in total. The van der Waals surface area contributed by atoms with Crippen LogP contribution < -0.4 is 0 Å². The van der Waals surface area contributed by atoms with Crippen LogP contribution in [0.3, 0.4) is 0 Å². The van der Waals surface area contributed by atoms with Gasteiger partial charge >= 0.3 is 5.97 Å². The van der Waals surface area contributed by atoms with Crippen molar-refractivity contribution in [1.29, 1.82) is 0 Å². The quantitative estimate of drug-likeness (QED) is 0.774. The molecule has 100 valence electrons. The first-order valence-electron chi connectivity index (χ1n) is 5.46. The Morgan fingerprint density at radius 1 is 1.50 bits per heavy atom. The van der Waals surface area contributed by atoms with Crippen LogP contribution in [0.1, 0.15) is 13.3 Å². The van der Waals surface area contributed by atoms with Crippen LogP contribution >= 0.6 is 35.0 Å². The molecule has 0 aliphatic heterocycles. The van der Waals surface area contributed by atoms with Crippen molar-refractivity contribution in [3.05, 3.63) is 28.2 Å². The maximum atomic E-state index is 10.9. The molecule has 0 amide bonds. The summed E-state index contributed by atoms with van der Waals surface area (Å²) >= 11 is 13.3. The van der Waals surface area contributed by atoms with Crippen molar-refractivity contribution >= 4 is 40.9 Å². The molecule has 0 saturated carbocycles. The van der Waals surface area contributed by atoms with Crippen LogP contribution in [-0.4, -0.2) is 29.5 Å².